The van der Waals surface area contributed by atoms with Crippen LogP contribution in [0.1, 0.15) is 29.6 Å². The minimum Gasteiger partial charge on any atom is -0.388 e. The lowest BCUT2D eigenvalue weighted by molar-refractivity contribution is -0.0767. The minimum absolute atomic E-state index is 0.0830. The SMILES string of the molecule is CN(CCC(=O)c1cccc(F)c1)CC1(O)CCOCC1. The van der Waals surface area contributed by atoms with Crippen LogP contribution >= 0.6 is 0 Å². The Morgan fingerprint density at radius 1 is 1.43 bits per heavy atom. The van der Waals surface area contributed by atoms with Crippen LogP contribution in [0, 0.1) is 5.82 Å². The second-order valence-electron chi connectivity index (χ2n) is 5.76. The van der Waals surface area contributed by atoms with Gasteiger partial charge >= 0.3 is 0 Å². The smallest absolute Gasteiger partial charge is 0.164 e. The van der Waals surface area contributed by atoms with Gasteiger partial charge in [-0.25, -0.2) is 4.39 Å². The summed E-state index contributed by atoms with van der Waals surface area (Å²) in [7, 11) is 1.88. The number of aliphatic hydroxyl groups is 1. The number of benzene rings is 1. The second kappa shape index (κ2) is 7.11. The quantitative estimate of drug-likeness (QED) is 0.814. The van der Waals surface area contributed by atoms with Crippen molar-refractivity contribution in [1.29, 1.82) is 0 Å². The highest BCUT2D eigenvalue weighted by molar-refractivity contribution is 5.96. The first-order chi connectivity index (χ1) is 9.98. The molecule has 1 saturated heterocycles. The number of carbonyl (C=O) groups is 1. The number of nitrogens with zero attached hydrogens (tertiary/aromatic N) is 1. The van der Waals surface area contributed by atoms with Crippen molar-refractivity contribution in [3.8, 4) is 0 Å². The molecule has 1 aromatic carbocycles. The van der Waals surface area contributed by atoms with Gasteiger partial charge in [0.05, 0.1) is 5.60 Å². The van der Waals surface area contributed by atoms with Crippen molar-refractivity contribution in [2.45, 2.75) is 24.9 Å². The van der Waals surface area contributed by atoms with E-state index in [1.54, 1.807) is 6.07 Å². The van der Waals surface area contributed by atoms with Gasteiger partial charge in [-0.3, -0.25) is 4.79 Å². The molecule has 1 aliphatic rings. The van der Waals surface area contributed by atoms with Crippen LogP contribution in [0.5, 0.6) is 0 Å². The van der Waals surface area contributed by atoms with Crippen molar-refractivity contribution < 1.29 is 19.0 Å². The third kappa shape index (κ3) is 4.88. The molecular weight excluding hydrogens is 273 g/mol. The average Bonchev–Trinajstić information content (AvgIpc) is 2.45. The highest BCUT2D eigenvalue weighted by atomic mass is 19.1. The number of rotatable bonds is 6. The molecule has 0 radical (unpaired) electrons. The summed E-state index contributed by atoms with van der Waals surface area (Å²) in [6, 6.07) is 5.74. The van der Waals surface area contributed by atoms with Crippen LogP contribution < -0.4 is 0 Å². The number of hydrogen-bond acceptors (Lipinski definition) is 4. The number of carbonyl (C=O) groups excluding carboxylic acids is 1. The molecule has 116 valence electrons. The molecule has 0 spiro atoms. The Balaban J connectivity index is 1.80. The molecule has 1 N–H and O–H groups in total. The fourth-order valence-corrected chi connectivity index (χ4v) is 2.59. The molecule has 0 amide bonds. The average molecular weight is 295 g/mol. The number of ketones is 1. The number of halogens is 1. The first-order valence-corrected chi connectivity index (χ1v) is 7.26. The van der Waals surface area contributed by atoms with Crippen LogP contribution in [0.25, 0.3) is 0 Å². The van der Waals surface area contributed by atoms with E-state index in [0.29, 0.717) is 51.1 Å². The van der Waals surface area contributed by atoms with E-state index in [9.17, 15) is 14.3 Å². The van der Waals surface area contributed by atoms with Gasteiger partial charge in [-0.2, -0.15) is 0 Å². The standard InChI is InChI=1S/C16H22FNO3/c1-18(12-16(20)6-9-21-10-7-16)8-5-15(19)13-3-2-4-14(17)11-13/h2-4,11,20H,5-10,12H2,1H3. The lowest BCUT2D eigenvalue weighted by Gasteiger charge is -2.35. The van der Waals surface area contributed by atoms with Crippen LogP contribution in [-0.4, -0.2) is 54.7 Å². The van der Waals surface area contributed by atoms with Gasteiger partial charge in [0.15, 0.2) is 5.78 Å². The van der Waals surface area contributed by atoms with Crippen molar-refractivity contribution in [2.24, 2.45) is 0 Å². The minimum atomic E-state index is -0.727. The zero-order chi connectivity index (χ0) is 15.3. The Hall–Kier alpha value is -1.30. The maximum Gasteiger partial charge on any atom is 0.164 e. The third-order valence-corrected chi connectivity index (χ3v) is 3.85. The van der Waals surface area contributed by atoms with E-state index in [1.807, 2.05) is 11.9 Å². The molecule has 0 atom stereocenters. The Morgan fingerprint density at radius 3 is 2.81 bits per heavy atom. The number of Topliss-reactive ketones (excluding diaryl/α,β-unsaturated/α-hetero) is 1. The maximum absolute atomic E-state index is 13.1. The van der Waals surface area contributed by atoms with E-state index in [1.165, 1.54) is 18.2 Å². The molecular formula is C16H22FNO3. The fraction of sp³-hybridized carbons (Fsp3) is 0.562. The Kier molecular flexibility index (Phi) is 5.45. The molecule has 21 heavy (non-hydrogen) atoms. The zero-order valence-corrected chi connectivity index (χ0v) is 12.3. The van der Waals surface area contributed by atoms with Crippen molar-refractivity contribution in [3.63, 3.8) is 0 Å². The lowest BCUT2D eigenvalue weighted by atomic mass is 9.94. The van der Waals surface area contributed by atoms with Crippen molar-refractivity contribution in [1.82, 2.24) is 4.90 Å². The van der Waals surface area contributed by atoms with Crippen LogP contribution in [0.3, 0.4) is 0 Å². The van der Waals surface area contributed by atoms with Crippen LogP contribution in [0.15, 0.2) is 24.3 Å². The molecule has 1 heterocycles. The molecule has 0 saturated carbocycles. The van der Waals surface area contributed by atoms with Gasteiger partial charge in [-0.1, -0.05) is 12.1 Å². The van der Waals surface area contributed by atoms with E-state index < -0.39 is 11.4 Å². The van der Waals surface area contributed by atoms with Crippen molar-refractivity contribution in [2.75, 3.05) is 33.4 Å². The summed E-state index contributed by atoms with van der Waals surface area (Å²) in [6.07, 6.45) is 1.55. The van der Waals surface area contributed by atoms with Gasteiger partial charge in [-0.15, -0.1) is 0 Å². The van der Waals surface area contributed by atoms with Crippen molar-refractivity contribution in [3.05, 3.63) is 35.6 Å². The molecule has 2 rings (SSSR count). The maximum atomic E-state index is 13.1. The van der Waals surface area contributed by atoms with Gasteiger partial charge < -0.3 is 14.7 Å². The molecule has 0 bridgehead atoms. The van der Waals surface area contributed by atoms with E-state index in [2.05, 4.69) is 0 Å². The van der Waals surface area contributed by atoms with E-state index >= 15 is 0 Å². The second-order valence-corrected chi connectivity index (χ2v) is 5.76. The summed E-state index contributed by atoms with van der Waals surface area (Å²) in [5.74, 6) is -0.481. The fourth-order valence-electron chi connectivity index (χ4n) is 2.59. The summed E-state index contributed by atoms with van der Waals surface area (Å²) in [4.78, 5) is 13.9. The molecule has 1 aliphatic heterocycles. The summed E-state index contributed by atoms with van der Waals surface area (Å²) in [5, 5.41) is 10.4. The predicted molar refractivity (Wildman–Crippen MR) is 77.8 cm³/mol. The first kappa shape index (κ1) is 16.1. The summed E-state index contributed by atoms with van der Waals surface area (Å²) >= 11 is 0. The molecule has 0 aliphatic carbocycles. The van der Waals surface area contributed by atoms with Gasteiger partial charge in [0.1, 0.15) is 5.82 Å². The predicted octanol–water partition coefficient (Wildman–Crippen LogP) is 1.87. The number of ether oxygens (including phenoxy) is 1. The van der Waals surface area contributed by atoms with Gasteiger partial charge in [0.2, 0.25) is 0 Å². The van der Waals surface area contributed by atoms with E-state index in [4.69, 9.17) is 4.74 Å². The number of likely N-dealkylation sites (N-methyl/N-ethyl adjacent to an activating group) is 1. The summed E-state index contributed by atoms with van der Waals surface area (Å²) < 4.78 is 18.3. The first-order valence-electron chi connectivity index (χ1n) is 7.26. The molecule has 1 aromatic rings. The summed E-state index contributed by atoms with van der Waals surface area (Å²) in [5.41, 5.74) is -0.331. The van der Waals surface area contributed by atoms with Crippen LogP contribution in [0.4, 0.5) is 4.39 Å². The monoisotopic (exact) mass is 295 g/mol. The highest BCUT2D eigenvalue weighted by Gasteiger charge is 2.30. The Bertz CT molecular complexity index is 486. The third-order valence-electron chi connectivity index (χ3n) is 3.85. The van der Waals surface area contributed by atoms with E-state index in [0.717, 1.165) is 0 Å². The molecule has 0 aromatic heterocycles. The van der Waals surface area contributed by atoms with Crippen LogP contribution in [0.2, 0.25) is 0 Å². The number of hydrogen-bond donors (Lipinski definition) is 1. The largest absolute Gasteiger partial charge is 0.388 e. The van der Waals surface area contributed by atoms with Crippen LogP contribution in [-0.2, 0) is 4.74 Å². The Labute approximate surface area is 124 Å². The normalized spacial score (nSPS) is 17.9. The lowest BCUT2D eigenvalue weighted by Crippen LogP contribution is -2.46. The topological polar surface area (TPSA) is 49.8 Å². The molecule has 0 unspecified atom stereocenters. The van der Waals surface area contributed by atoms with Gasteiger partial charge in [0.25, 0.3) is 0 Å². The van der Waals surface area contributed by atoms with E-state index in [-0.39, 0.29) is 5.78 Å². The molecule has 5 heteroatoms. The zero-order valence-electron chi connectivity index (χ0n) is 12.3. The molecule has 4 nitrogen and oxygen atoms in total. The van der Waals surface area contributed by atoms with Gasteiger partial charge in [-0.05, 0) is 19.2 Å². The summed E-state index contributed by atoms with van der Waals surface area (Å²) in [6.45, 7) is 2.21. The highest BCUT2D eigenvalue weighted by Crippen LogP contribution is 2.21. The van der Waals surface area contributed by atoms with Gasteiger partial charge in [0, 0.05) is 51.1 Å². The van der Waals surface area contributed by atoms with Crippen molar-refractivity contribution >= 4 is 5.78 Å². The Morgan fingerprint density at radius 2 is 2.14 bits per heavy atom. The molecule has 1 fully saturated rings.